The van der Waals surface area contributed by atoms with Crippen LogP contribution in [0.4, 0.5) is 0 Å². The average Bonchev–Trinajstić information content (AvgIpc) is 2.68. The van der Waals surface area contributed by atoms with Crippen LogP contribution in [0.1, 0.15) is 36.8 Å². The molecule has 2 rings (SSSR count). The van der Waals surface area contributed by atoms with Gasteiger partial charge in [-0.15, -0.1) is 0 Å². The van der Waals surface area contributed by atoms with E-state index in [0.717, 1.165) is 29.7 Å². The number of hydrogen-bond acceptors (Lipinski definition) is 4. The standard InChI is InChI=1S/C21H22N2O2/c1-25-21(24)19(15-9-4-10-16-22)23-20(17-11-5-2-6-12-17)18-13-7-3-8-14-18/h2-3,5-8,11-14,19H,4,9-10,15H2,1H3. The molecule has 1 atom stereocenters. The Hall–Kier alpha value is -2.93. The van der Waals surface area contributed by atoms with Crippen LogP contribution in [0.15, 0.2) is 65.7 Å². The first-order valence-corrected chi connectivity index (χ1v) is 8.39. The van der Waals surface area contributed by atoms with E-state index in [4.69, 9.17) is 15.0 Å². The van der Waals surface area contributed by atoms with Crippen LogP contribution < -0.4 is 0 Å². The third-order valence-electron chi connectivity index (χ3n) is 3.87. The van der Waals surface area contributed by atoms with Crippen LogP contribution >= 0.6 is 0 Å². The summed E-state index contributed by atoms with van der Waals surface area (Å²) in [5.74, 6) is -0.346. The monoisotopic (exact) mass is 334 g/mol. The minimum absolute atomic E-state index is 0.346. The van der Waals surface area contributed by atoms with Crippen LogP contribution in [-0.2, 0) is 9.53 Å². The first-order chi connectivity index (χ1) is 12.3. The molecule has 0 saturated heterocycles. The van der Waals surface area contributed by atoms with Crippen molar-refractivity contribution < 1.29 is 9.53 Å². The van der Waals surface area contributed by atoms with Gasteiger partial charge >= 0.3 is 5.97 Å². The number of aliphatic imine (C=N–C) groups is 1. The number of benzene rings is 2. The molecule has 0 spiro atoms. The van der Waals surface area contributed by atoms with Gasteiger partial charge in [0.25, 0.3) is 0 Å². The Kier molecular flexibility index (Phi) is 7.40. The van der Waals surface area contributed by atoms with E-state index in [-0.39, 0.29) is 5.97 Å². The van der Waals surface area contributed by atoms with Crippen molar-refractivity contribution in [1.29, 1.82) is 5.26 Å². The fourth-order valence-electron chi connectivity index (χ4n) is 2.58. The summed E-state index contributed by atoms with van der Waals surface area (Å²) in [6.45, 7) is 0. The predicted octanol–water partition coefficient (Wildman–Crippen LogP) is 4.15. The molecule has 2 aromatic rings. The van der Waals surface area contributed by atoms with Crippen molar-refractivity contribution in [3.05, 3.63) is 71.8 Å². The molecular formula is C21H22N2O2. The van der Waals surface area contributed by atoms with E-state index >= 15 is 0 Å². The summed E-state index contributed by atoms with van der Waals surface area (Å²) in [7, 11) is 1.38. The molecule has 0 fully saturated rings. The molecule has 0 aliphatic heterocycles. The topological polar surface area (TPSA) is 62.5 Å². The highest BCUT2D eigenvalue weighted by atomic mass is 16.5. The van der Waals surface area contributed by atoms with Crippen LogP contribution in [0.2, 0.25) is 0 Å². The molecule has 0 heterocycles. The molecule has 25 heavy (non-hydrogen) atoms. The fraction of sp³-hybridized carbons (Fsp3) is 0.286. The Morgan fingerprint density at radius 3 is 2.08 bits per heavy atom. The molecule has 2 aromatic carbocycles. The van der Waals surface area contributed by atoms with E-state index < -0.39 is 6.04 Å². The molecule has 0 saturated carbocycles. The van der Waals surface area contributed by atoms with E-state index in [1.165, 1.54) is 7.11 Å². The lowest BCUT2D eigenvalue weighted by molar-refractivity contribution is -0.142. The molecule has 0 bridgehead atoms. The molecule has 4 heteroatoms. The number of hydrogen-bond donors (Lipinski definition) is 0. The molecule has 1 unspecified atom stereocenters. The maximum absolute atomic E-state index is 12.2. The van der Waals surface area contributed by atoms with Gasteiger partial charge in [0.2, 0.25) is 0 Å². The Balaban J connectivity index is 2.35. The van der Waals surface area contributed by atoms with Gasteiger partial charge in [-0.2, -0.15) is 5.26 Å². The van der Waals surface area contributed by atoms with Crippen LogP contribution in [0.3, 0.4) is 0 Å². The summed E-state index contributed by atoms with van der Waals surface area (Å²) in [5.41, 5.74) is 2.69. The summed E-state index contributed by atoms with van der Waals surface area (Å²) in [6.07, 6.45) is 2.57. The van der Waals surface area contributed by atoms with E-state index in [0.29, 0.717) is 12.8 Å². The normalized spacial score (nSPS) is 11.2. The Labute approximate surface area is 148 Å². The third kappa shape index (κ3) is 5.58. The van der Waals surface area contributed by atoms with Crippen molar-refractivity contribution >= 4 is 11.7 Å². The van der Waals surface area contributed by atoms with Gasteiger partial charge in [-0.3, -0.25) is 4.99 Å². The molecule has 0 radical (unpaired) electrons. The van der Waals surface area contributed by atoms with Gasteiger partial charge in [-0.05, 0) is 19.3 Å². The Morgan fingerprint density at radius 1 is 1.04 bits per heavy atom. The van der Waals surface area contributed by atoms with Crippen LogP contribution in [-0.4, -0.2) is 24.8 Å². The molecular weight excluding hydrogens is 312 g/mol. The molecule has 128 valence electrons. The SMILES string of the molecule is COC(=O)C(CCCCC#N)N=C(c1ccccc1)c1ccccc1. The van der Waals surface area contributed by atoms with Crippen LogP contribution in [0.25, 0.3) is 0 Å². The second-order valence-electron chi connectivity index (χ2n) is 5.65. The van der Waals surface area contributed by atoms with Crippen molar-refractivity contribution in [1.82, 2.24) is 0 Å². The quantitative estimate of drug-likeness (QED) is 0.414. The molecule has 4 nitrogen and oxygen atoms in total. The number of carbonyl (C=O) groups excluding carboxylic acids is 1. The number of rotatable bonds is 8. The van der Waals surface area contributed by atoms with E-state index in [1.807, 2.05) is 60.7 Å². The largest absolute Gasteiger partial charge is 0.467 e. The second kappa shape index (κ2) is 10.0. The highest BCUT2D eigenvalue weighted by molar-refractivity contribution is 6.13. The summed E-state index contributed by atoms with van der Waals surface area (Å²) in [5, 5.41) is 8.66. The fourth-order valence-corrected chi connectivity index (χ4v) is 2.58. The highest BCUT2D eigenvalue weighted by Gasteiger charge is 2.19. The number of nitriles is 1. The maximum atomic E-state index is 12.2. The number of nitrogens with zero attached hydrogens (tertiary/aromatic N) is 2. The van der Waals surface area contributed by atoms with E-state index in [9.17, 15) is 4.79 Å². The van der Waals surface area contributed by atoms with Gasteiger partial charge in [-0.25, -0.2) is 4.79 Å². The van der Waals surface area contributed by atoms with Gasteiger partial charge in [0.1, 0.15) is 6.04 Å². The van der Waals surface area contributed by atoms with Crippen molar-refractivity contribution in [3.8, 4) is 6.07 Å². The van der Waals surface area contributed by atoms with E-state index in [2.05, 4.69) is 6.07 Å². The first-order valence-electron chi connectivity index (χ1n) is 8.39. The van der Waals surface area contributed by atoms with Gasteiger partial charge in [0, 0.05) is 17.5 Å². The number of esters is 1. The van der Waals surface area contributed by atoms with Crippen molar-refractivity contribution in [2.45, 2.75) is 31.7 Å². The van der Waals surface area contributed by atoms with Crippen LogP contribution in [0.5, 0.6) is 0 Å². The third-order valence-corrected chi connectivity index (χ3v) is 3.87. The Morgan fingerprint density at radius 2 is 1.60 bits per heavy atom. The van der Waals surface area contributed by atoms with Gasteiger partial charge < -0.3 is 4.74 Å². The summed E-state index contributed by atoms with van der Waals surface area (Å²) in [6, 6.07) is 21.2. The predicted molar refractivity (Wildman–Crippen MR) is 98.4 cm³/mol. The van der Waals surface area contributed by atoms with Gasteiger partial charge in [0.05, 0.1) is 18.9 Å². The lowest BCUT2D eigenvalue weighted by Gasteiger charge is -2.14. The zero-order valence-corrected chi connectivity index (χ0v) is 14.4. The van der Waals surface area contributed by atoms with Gasteiger partial charge in [-0.1, -0.05) is 60.7 Å². The summed E-state index contributed by atoms with van der Waals surface area (Å²) in [4.78, 5) is 16.9. The van der Waals surface area contributed by atoms with Crippen molar-refractivity contribution in [3.63, 3.8) is 0 Å². The number of ether oxygens (including phenoxy) is 1. The lowest BCUT2D eigenvalue weighted by atomic mass is 10.0. The van der Waals surface area contributed by atoms with Crippen molar-refractivity contribution in [2.24, 2.45) is 4.99 Å². The molecule has 0 N–H and O–H groups in total. The Bertz CT molecular complexity index is 692. The molecule has 0 aromatic heterocycles. The second-order valence-corrected chi connectivity index (χ2v) is 5.65. The molecule has 0 aliphatic rings. The average molecular weight is 334 g/mol. The molecule has 0 amide bonds. The highest BCUT2D eigenvalue weighted by Crippen LogP contribution is 2.16. The van der Waals surface area contributed by atoms with Gasteiger partial charge in [0.15, 0.2) is 0 Å². The number of carbonyl (C=O) groups is 1. The molecule has 0 aliphatic carbocycles. The first kappa shape index (κ1) is 18.4. The number of methoxy groups -OCH3 is 1. The summed E-state index contributed by atoms with van der Waals surface area (Å²) >= 11 is 0. The zero-order valence-electron chi connectivity index (χ0n) is 14.4. The van der Waals surface area contributed by atoms with E-state index in [1.54, 1.807) is 0 Å². The zero-order chi connectivity index (χ0) is 17.9. The lowest BCUT2D eigenvalue weighted by Crippen LogP contribution is -2.22. The maximum Gasteiger partial charge on any atom is 0.330 e. The van der Waals surface area contributed by atoms with Crippen molar-refractivity contribution in [2.75, 3.05) is 7.11 Å². The number of unbranched alkanes of at least 4 members (excludes halogenated alkanes) is 2. The smallest absolute Gasteiger partial charge is 0.330 e. The van der Waals surface area contributed by atoms with Crippen LogP contribution in [0, 0.1) is 11.3 Å². The minimum atomic E-state index is -0.570. The minimum Gasteiger partial charge on any atom is -0.467 e. The summed E-state index contributed by atoms with van der Waals surface area (Å²) < 4.78 is 4.93.